The number of hydrogen-bond donors (Lipinski definition) is 2. The van der Waals surface area contributed by atoms with Crippen molar-refractivity contribution < 1.29 is 37.6 Å². The third-order valence-corrected chi connectivity index (χ3v) is 9.86. The van der Waals surface area contributed by atoms with E-state index in [9.17, 15) is 18.6 Å². The van der Waals surface area contributed by atoms with Gasteiger partial charge in [0.25, 0.3) is 0 Å². The highest BCUT2D eigenvalue weighted by Gasteiger charge is 2.34. The molecule has 2 atom stereocenters. The molecule has 0 aliphatic heterocycles. The zero-order valence-electron chi connectivity index (χ0n) is 24.9. The molecule has 0 aromatic heterocycles. The summed E-state index contributed by atoms with van der Waals surface area (Å²) in [6.45, 7) is 0. The van der Waals surface area contributed by atoms with Gasteiger partial charge >= 0.3 is 0 Å². The van der Waals surface area contributed by atoms with Gasteiger partial charge in [0.1, 0.15) is 45.0 Å². The first-order valence-electron chi connectivity index (χ1n) is 13.5. The van der Waals surface area contributed by atoms with Crippen LogP contribution in [-0.2, 0) is 9.84 Å². The topological polar surface area (TPSA) is 112 Å². The van der Waals surface area contributed by atoms with Gasteiger partial charge in [-0.3, -0.25) is 0 Å². The molecule has 0 saturated heterocycles. The van der Waals surface area contributed by atoms with Gasteiger partial charge in [0, 0.05) is 34.3 Å². The van der Waals surface area contributed by atoms with Crippen LogP contribution in [0.5, 0.6) is 34.5 Å². The van der Waals surface area contributed by atoms with E-state index >= 15 is 0 Å². The third-order valence-electron chi connectivity index (χ3n) is 7.08. The Morgan fingerprint density at radius 1 is 0.600 bits per heavy atom. The fraction of sp³-hybridized carbons (Fsp3) is 0.176. The van der Waals surface area contributed by atoms with Crippen molar-refractivity contribution in [3.05, 3.63) is 117 Å². The van der Waals surface area contributed by atoms with Crippen LogP contribution >= 0.6 is 23.2 Å². The number of rotatable bonds is 12. The van der Waals surface area contributed by atoms with Crippen LogP contribution in [0.3, 0.4) is 0 Å². The maximum atomic E-state index is 14.7. The smallest absolute Gasteiger partial charge is 0.171 e. The molecule has 4 aromatic carbocycles. The van der Waals surface area contributed by atoms with Crippen molar-refractivity contribution in [3.63, 3.8) is 0 Å². The molecule has 45 heavy (non-hydrogen) atoms. The highest BCUT2D eigenvalue weighted by molar-refractivity contribution is 7.92. The summed E-state index contributed by atoms with van der Waals surface area (Å²) in [6, 6.07) is 18.9. The Morgan fingerprint density at radius 3 is 1.27 bits per heavy atom. The lowest BCUT2D eigenvalue weighted by atomic mass is 10.1. The van der Waals surface area contributed by atoms with Gasteiger partial charge in [-0.1, -0.05) is 59.6 Å². The first-order valence-corrected chi connectivity index (χ1v) is 15.9. The molecule has 2 unspecified atom stereocenters. The van der Waals surface area contributed by atoms with Gasteiger partial charge < -0.3 is 29.2 Å². The second-order valence-electron chi connectivity index (χ2n) is 9.78. The molecule has 8 nitrogen and oxygen atoms in total. The van der Waals surface area contributed by atoms with Crippen molar-refractivity contribution in [1.29, 1.82) is 0 Å². The standard InChI is InChI=1S/C34H32Cl2O8S/c1-41-25-17-29(37)27(31(19-25)43-3)13-15-33(21-5-9-23(35)10-6-21)45(39,40)34(22-7-11-24(36)12-8-22)16-14-28-30(38)18-26(42-2)20-32(28)44-4/h5-20,33-34,37-38H,1-4H3/b15-13+,16-14+. The van der Waals surface area contributed by atoms with Crippen molar-refractivity contribution in [2.24, 2.45) is 0 Å². The van der Waals surface area contributed by atoms with E-state index in [4.69, 9.17) is 42.1 Å². The van der Waals surface area contributed by atoms with Crippen LogP contribution in [0.25, 0.3) is 12.2 Å². The highest BCUT2D eigenvalue weighted by Crippen LogP contribution is 2.41. The van der Waals surface area contributed by atoms with Gasteiger partial charge in [-0.2, -0.15) is 0 Å². The minimum atomic E-state index is -4.18. The highest BCUT2D eigenvalue weighted by atomic mass is 35.5. The minimum absolute atomic E-state index is 0.161. The van der Waals surface area contributed by atoms with Crippen molar-refractivity contribution in [2.45, 2.75) is 10.5 Å². The lowest BCUT2D eigenvalue weighted by Gasteiger charge is -2.22. The van der Waals surface area contributed by atoms with Crippen molar-refractivity contribution in [3.8, 4) is 34.5 Å². The average Bonchev–Trinajstić information content (AvgIpc) is 3.03. The fourth-order valence-corrected chi connectivity index (χ4v) is 6.97. The monoisotopic (exact) mass is 670 g/mol. The number of hydrogen-bond acceptors (Lipinski definition) is 8. The molecule has 4 rings (SSSR count). The van der Waals surface area contributed by atoms with Crippen LogP contribution in [0.4, 0.5) is 0 Å². The maximum Gasteiger partial charge on any atom is 0.171 e. The zero-order chi connectivity index (χ0) is 32.7. The first-order chi connectivity index (χ1) is 21.5. The average molecular weight is 672 g/mol. The number of phenols is 2. The molecule has 236 valence electrons. The molecule has 0 saturated carbocycles. The lowest BCUT2D eigenvalue weighted by Crippen LogP contribution is -2.19. The van der Waals surface area contributed by atoms with Crippen molar-refractivity contribution >= 4 is 45.2 Å². The summed E-state index contributed by atoms with van der Waals surface area (Å²) in [5.41, 5.74) is 1.39. The summed E-state index contributed by atoms with van der Waals surface area (Å²) in [4.78, 5) is 0. The Morgan fingerprint density at radius 2 is 0.956 bits per heavy atom. The summed E-state index contributed by atoms with van der Waals surface area (Å²) in [7, 11) is 1.60. The molecule has 0 fully saturated rings. The van der Waals surface area contributed by atoms with E-state index in [1.807, 2.05) is 0 Å². The quantitative estimate of drug-likeness (QED) is 0.156. The van der Waals surface area contributed by atoms with E-state index in [1.54, 1.807) is 60.7 Å². The van der Waals surface area contributed by atoms with E-state index < -0.39 is 20.3 Å². The van der Waals surface area contributed by atoms with E-state index in [0.29, 0.717) is 32.7 Å². The number of aromatic hydroxyl groups is 2. The van der Waals surface area contributed by atoms with Crippen LogP contribution in [0.2, 0.25) is 10.0 Å². The van der Waals surface area contributed by atoms with E-state index in [2.05, 4.69) is 0 Å². The van der Waals surface area contributed by atoms with Gasteiger partial charge in [-0.15, -0.1) is 0 Å². The van der Waals surface area contributed by atoms with Gasteiger partial charge in [-0.05, 0) is 47.5 Å². The predicted octanol–water partition coefficient (Wildman–Crippen LogP) is 8.06. The normalized spacial score (nSPS) is 13.1. The Kier molecular flexibility index (Phi) is 10.9. The van der Waals surface area contributed by atoms with E-state index in [1.165, 1.54) is 64.9 Å². The molecule has 0 aliphatic carbocycles. The molecular weight excluding hydrogens is 639 g/mol. The van der Waals surface area contributed by atoms with Crippen LogP contribution in [-0.4, -0.2) is 47.1 Å². The molecule has 0 spiro atoms. The summed E-state index contributed by atoms with van der Waals surface area (Å²) in [5.74, 6) is 0.983. The van der Waals surface area contributed by atoms with Gasteiger partial charge in [-0.25, -0.2) is 8.42 Å². The van der Waals surface area contributed by atoms with Crippen LogP contribution in [0.15, 0.2) is 84.9 Å². The fourth-order valence-electron chi connectivity index (χ4n) is 4.73. The van der Waals surface area contributed by atoms with Gasteiger partial charge in [0.15, 0.2) is 9.84 Å². The molecule has 4 aromatic rings. The van der Waals surface area contributed by atoms with Crippen molar-refractivity contribution in [2.75, 3.05) is 28.4 Å². The molecule has 0 heterocycles. The summed E-state index contributed by atoms with van der Waals surface area (Å²) in [5, 5.41) is 19.9. The number of sulfone groups is 1. The van der Waals surface area contributed by atoms with Gasteiger partial charge in [0.2, 0.25) is 0 Å². The Hall–Kier alpha value is -4.31. The molecule has 0 amide bonds. The lowest BCUT2D eigenvalue weighted by molar-refractivity contribution is 0.383. The molecule has 0 aliphatic rings. The Balaban J connectivity index is 1.91. The Bertz CT molecular complexity index is 1670. The number of ether oxygens (including phenoxy) is 4. The molecule has 0 radical (unpaired) electrons. The van der Waals surface area contributed by atoms with E-state index in [0.717, 1.165) is 0 Å². The maximum absolute atomic E-state index is 14.7. The first kappa shape index (κ1) is 33.6. The molecule has 2 N–H and O–H groups in total. The number of phenolic OH excluding ortho intramolecular Hbond substituents is 2. The second-order valence-corrected chi connectivity index (χ2v) is 12.8. The van der Waals surface area contributed by atoms with Crippen LogP contribution in [0.1, 0.15) is 32.8 Å². The predicted molar refractivity (Wildman–Crippen MR) is 178 cm³/mol. The molecular formula is C34H32Cl2O8S. The third kappa shape index (κ3) is 7.68. The molecule has 0 bridgehead atoms. The SMILES string of the molecule is COc1cc(O)c(/C=C/C(c2ccc(Cl)cc2)S(=O)(=O)C(/C=C/c2c(O)cc(OC)cc2OC)c2ccc(Cl)cc2)c(OC)c1. The molecule has 11 heteroatoms. The zero-order valence-corrected chi connectivity index (χ0v) is 27.2. The number of benzene rings is 4. The summed E-state index contributed by atoms with van der Waals surface area (Å²) < 4.78 is 50.8. The van der Waals surface area contributed by atoms with E-state index in [-0.39, 0.29) is 34.1 Å². The second kappa shape index (κ2) is 14.6. The largest absolute Gasteiger partial charge is 0.507 e. The minimum Gasteiger partial charge on any atom is -0.507 e. The van der Waals surface area contributed by atoms with Crippen LogP contribution in [0, 0.1) is 0 Å². The van der Waals surface area contributed by atoms with Crippen LogP contribution < -0.4 is 18.9 Å². The summed E-state index contributed by atoms with van der Waals surface area (Å²) in [6.07, 6.45) is 5.94. The van der Waals surface area contributed by atoms with Gasteiger partial charge in [0.05, 0.1) is 39.6 Å². The Labute approximate surface area is 272 Å². The van der Waals surface area contributed by atoms with Crippen molar-refractivity contribution in [1.82, 2.24) is 0 Å². The number of halogens is 2. The number of methoxy groups -OCH3 is 4. The summed E-state index contributed by atoms with van der Waals surface area (Å²) >= 11 is 12.3.